The summed E-state index contributed by atoms with van der Waals surface area (Å²) < 4.78 is 0. The van der Waals surface area contributed by atoms with E-state index in [2.05, 4.69) is 33.6 Å². The van der Waals surface area contributed by atoms with Gasteiger partial charge in [-0.2, -0.15) is 0 Å². The van der Waals surface area contributed by atoms with Crippen molar-refractivity contribution in [2.24, 2.45) is 0 Å². The molecule has 0 amide bonds. The average molecular weight is 318 g/mol. The Morgan fingerprint density at radius 1 is 1.04 bits per heavy atom. The van der Waals surface area contributed by atoms with Crippen LogP contribution in [0, 0.1) is 0 Å². The van der Waals surface area contributed by atoms with Crippen molar-refractivity contribution in [1.82, 2.24) is 15.0 Å². The van der Waals surface area contributed by atoms with Crippen molar-refractivity contribution in [3.8, 4) is 0 Å². The summed E-state index contributed by atoms with van der Waals surface area (Å²) in [5, 5.41) is 6.64. The van der Waals surface area contributed by atoms with E-state index in [0.717, 1.165) is 22.9 Å². The zero-order chi connectivity index (χ0) is 16.5. The summed E-state index contributed by atoms with van der Waals surface area (Å²) in [6, 6.07) is 13.7. The van der Waals surface area contributed by atoms with E-state index in [9.17, 15) is 0 Å². The minimum atomic E-state index is 0.156. The maximum atomic E-state index is 5.72. The van der Waals surface area contributed by atoms with Crippen molar-refractivity contribution in [2.45, 2.75) is 18.9 Å². The third-order valence-electron chi connectivity index (χ3n) is 4.20. The Balaban J connectivity index is 1.64. The zero-order valence-corrected chi connectivity index (χ0v) is 13.3. The van der Waals surface area contributed by atoms with Crippen molar-refractivity contribution in [1.29, 1.82) is 0 Å². The molecule has 0 saturated heterocycles. The van der Waals surface area contributed by atoms with E-state index < -0.39 is 0 Å². The molecule has 0 fully saturated rings. The van der Waals surface area contributed by atoms with Gasteiger partial charge in [-0.15, -0.1) is 0 Å². The van der Waals surface area contributed by atoms with Gasteiger partial charge in [0.05, 0.1) is 11.6 Å². The highest BCUT2D eigenvalue weighted by Gasteiger charge is 2.32. The molecular formula is C18H18N6. The van der Waals surface area contributed by atoms with Gasteiger partial charge in [-0.25, -0.2) is 15.0 Å². The molecule has 24 heavy (non-hydrogen) atoms. The van der Waals surface area contributed by atoms with E-state index in [1.807, 2.05) is 36.4 Å². The number of nitrogen functional groups attached to an aromatic ring is 1. The van der Waals surface area contributed by atoms with Crippen molar-refractivity contribution in [2.75, 3.05) is 16.4 Å². The maximum absolute atomic E-state index is 5.72. The highest BCUT2D eigenvalue weighted by Crippen LogP contribution is 2.38. The van der Waals surface area contributed by atoms with E-state index in [0.29, 0.717) is 5.95 Å². The molecule has 120 valence electrons. The Kier molecular flexibility index (Phi) is 3.49. The second-order valence-electron chi connectivity index (χ2n) is 5.90. The molecule has 4 N–H and O–H groups in total. The quantitative estimate of drug-likeness (QED) is 0.643. The molecule has 2 atom stereocenters. The van der Waals surface area contributed by atoms with Gasteiger partial charge in [-0.3, -0.25) is 0 Å². The zero-order valence-electron chi connectivity index (χ0n) is 13.3. The minimum Gasteiger partial charge on any atom is -0.399 e. The lowest BCUT2D eigenvalue weighted by molar-refractivity contribution is 0.704. The number of nitrogens with zero attached hydrogens (tertiary/aromatic N) is 3. The molecule has 2 unspecified atom stereocenters. The molecule has 1 aliphatic heterocycles. The average Bonchev–Trinajstić information content (AvgIpc) is 2.93. The molecule has 6 nitrogen and oxygen atoms in total. The van der Waals surface area contributed by atoms with E-state index in [1.165, 1.54) is 5.56 Å². The number of pyridine rings is 1. The van der Waals surface area contributed by atoms with Crippen molar-refractivity contribution < 1.29 is 0 Å². The number of anilines is 4. The summed E-state index contributed by atoms with van der Waals surface area (Å²) in [7, 11) is 0. The summed E-state index contributed by atoms with van der Waals surface area (Å²) in [4.78, 5) is 13.4. The molecular weight excluding hydrogens is 300 g/mol. The lowest BCUT2D eigenvalue weighted by Gasteiger charge is -2.16. The van der Waals surface area contributed by atoms with Crippen molar-refractivity contribution in [3.63, 3.8) is 0 Å². The molecule has 4 rings (SSSR count). The molecule has 0 saturated carbocycles. The fourth-order valence-electron chi connectivity index (χ4n) is 3.07. The van der Waals surface area contributed by atoms with Gasteiger partial charge in [0.2, 0.25) is 5.95 Å². The summed E-state index contributed by atoms with van der Waals surface area (Å²) in [5.41, 5.74) is 9.48. The van der Waals surface area contributed by atoms with Gasteiger partial charge in [0, 0.05) is 35.4 Å². The summed E-state index contributed by atoms with van der Waals surface area (Å²) in [6.45, 7) is 2.14. The van der Waals surface area contributed by atoms with Gasteiger partial charge in [-0.05, 0) is 43.3 Å². The van der Waals surface area contributed by atoms with E-state index in [4.69, 9.17) is 10.7 Å². The highest BCUT2D eigenvalue weighted by atomic mass is 15.1. The minimum absolute atomic E-state index is 0.156. The number of hydrogen-bond donors (Lipinski definition) is 3. The third-order valence-corrected chi connectivity index (χ3v) is 4.20. The van der Waals surface area contributed by atoms with Crippen LogP contribution < -0.4 is 16.4 Å². The molecule has 1 aromatic carbocycles. The number of hydrogen-bond acceptors (Lipinski definition) is 6. The predicted octanol–water partition coefficient (Wildman–Crippen LogP) is 3.14. The molecule has 6 heteroatoms. The molecule has 3 heterocycles. The van der Waals surface area contributed by atoms with Crippen molar-refractivity contribution in [3.05, 3.63) is 66.1 Å². The number of nitrogens with two attached hydrogens (primary N) is 1. The second-order valence-corrected chi connectivity index (χ2v) is 5.90. The van der Waals surface area contributed by atoms with Gasteiger partial charge in [0.1, 0.15) is 5.82 Å². The lowest BCUT2D eigenvalue weighted by atomic mass is 9.93. The first-order valence-corrected chi connectivity index (χ1v) is 7.87. The van der Waals surface area contributed by atoms with Crippen LogP contribution in [-0.4, -0.2) is 21.0 Å². The van der Waals surface area contributed by atoms with Crippen LogP contribution in [0.15, 0.2) is 54.9 Å². The lowest BCUT2D eigenvalue weighted by Crippen LogP contribution is -2.18. The van der Waals surface area contributed by atoms with Crippen LogP contribution in [0.1, 0.15) is 24.1 Å². The fraction of sp³-hybridized carbons (Fsp3) is 0.167. The second kappa shape index (κ2) is 5.81. The Hall–Kier alpha value is -3.15. The number of benzene rings is 1. The molecule has 0 aliphatic carbocycles. The number of aromatic nitrogens is 3. The van der Waals surface area contributed by atoms with Crippen LogP contribution in [0.25, 0.3) is 0 Å². The first-order chi connectivity index (χ1) is 11.7. The van der Waals surface area contributed by atoms with Gasteiger partial charge in [-0.1, -0.05) is 6.07 Å². The largest absolute Gasteiger partial charge is 0.399 e. The van der Waals surface area contributed by atoms with Crippen LogP contribution in [-0.2, 0) is 0 Å². The molecule has 3 aromatic rings. The predicted molar refractivity (Wildman–Crippen MR) is 95.3 cm³/mol. The maximum Gasteiger partial charge on any atom is 0.227 e. The SMILES string of the molecule is CC1Nc2ncccc2C1c1ccnc(Nc2ccc(N)cc2)n1. The van der Waals surface area contributed by atoms with Crippen LogP contribution in [0.4, 0.5) is 23.1 Å². The Morgan fingerprint density at radius 3 is 2.71 bits per heavy atom. The van der Waals surface area contributed by atoms with Crippen LogP contribution in [0.5, 0.6) is 0 Å². The van der Waals surface area contributed by atoms with Crippen LogP contribution in [0.3, 0.4) is 0 Å². The van der Waals surface area contributed by atoms with E-state index >= 15 is 0 Å². The topological polar surface area (TPSA) is 88.8 Å². The number of nitrogens with one attached hydrogen (secondary N) is 2. The number of rotatable bonds is 3. The van der Waals surface area contributed by atoms with E-state index in [1.54, 1.807) is 12.4 Å². The molecule has 0 radical (unpaired) electrons. The number of fused-ring (bicyclic) bond motifs is 1. The summed E-state index contributed by atoms with van der Waals surface area (Å²) in [5.74, 6) is 1.66. The third kappa shape index (κ3) is 2.62. The van der Waals surface area contributed by atoms with Gasteiger partial charge in [0.15, 0.2) is 0 Å². The first-order valence-electron chi connectivity index (χ1n) is 7.87. The van der Waals surface area contributed by atoms with Gasteiger partial charge < -0.3 is 16.4 Å². The molecule has 0 spiro atoms. The Bertz CT molecular complexity index is 861. The Morgan fingerprint density at radius 2 is 1.88 bits per heavy atom. The van der Waals surface area contributed by atoms with Crippen LogP contribution >= 0.6 is 0 Å². The van der Waals surface area contributed by atoms with Crippen molar-refractivity contribution >= 4 is 23.1 Å². The molecule has 2 aromatic heterocycles. The smallest absolute Gasteiger partial charge is 0.227 e. The summed E-state index contributed by atoms with van der Waals surface area (Å²) in [6.07, 6.45) is 3.58. The monoisotopic (exact) mass is 318 g/mol. The molecule has 0 bridgehead atoms. The normalized spacial score (nSPS) is 18.7. The standard InChI is InChI=1S/C18H18N6/c1-11-16(14-3-2-9-20-17(14)22-11)15-8-10-21-18(24-15)23-13-6-4-12(19)5-7-13/h2-11,16H,19H2,1H3,(H,20,22)(H,21,23,24). The highest BCUT2D eigenvalue weighted by molar-refractivity contribution is 5.59. The van der Waals surface area contributed by atoms with Crippen LogP contribution in [0.2, 0.25) is 0 Å². The molecule has 1 aliphatic rings. The fourth-order valence-corrected chi connectivity index (χ4v) is 3.07. The van der Waals surface area contributed by atoms with E-state index in [-0.39, 0.29) is 12.0 Å². The van der Waals surface area contributed by atoms with Gasteiger partial charge >= 0.3 is 0 Å². The van der Waals surface area contributed by atoms with Gasteiger partial charge in [0.25, 0.3) is 0 Å². The first kappa shape index (κ1) is 14.4. The summed E-state index contributed by atoms with van der Waals surface area (Å²) >= 11 is 0. The Labute approximate surface area is 140 Å².